The van der Waals surface area contributed by atoms with Gasteiger partial charge in [0.15, 0.2) is 0 Å². The highest BCUT2D eigenvalue weighted by atomic mass is 19.1. The second-order valence-electron chi connectivity index (χ2n) is 7.64. The van der Waals surface area contributed by atoms with Gasteiger partial charge in [-0.25, -0.2) is 13.6 Å². The van der Waals surface area contributed by atoms with Crippen LogP contribution < -0.4 is 0 Å². The Labute approximate surface area is 187 Å². The van der Waals surface area contributed by atoms with E-state index in [0.717, 1.165) is 31.2 Å². The molecule has 5 heteroatoms. The Kier molecular flexibility index (Phi) is 8.51. The first-order valence-corrected chi connectivity index (χ1v) is 11.1. The van der Waals surface area contributed by atoms with Gasteiger partial charge in [0.1, 0.15) is 11.6 Å². The predicted molar refractivity (Wildman–Crippen MR) is 122 cm³/mol. The van der Waals surface area contributed by atoms with E-state index in [-0.39, 0.29) is 23.3 Å². The molecule has 168 valence electrons. The van der Waals surface area contributed by atoms with Gasteiger partial charge in [-0.2, -0.15) is 4.89 Å². The van der Waals surface area contributed by atoms with Gasteiger partial charge in [0, 0.05) is 11.1 Å². The van der Waals surface area contributed by atoms with E-state index in [0.29, 0.717) is 17.5 Å². The first-order chi connectivity index (χ1) is 15.6. The van der Waals surface area contributed by atoms with Crippen molar-refractivity contribution in [1.82, 2.24) is 0 Å². The standard InChI is InChI=1S/C27H28F2O3/c1-3-5-6-10-17-31-32-27(30)23-16-15-21(20-11-8-7-9-12-20)25(26(23)29)22-14-13-19(4-2)18-24(22)28/h7-9,11-16,18H,3-6,10,17H2,1-2H3. The number of carbonyl (C=O) groups is 1. The second kappa shape index (κ2) is 11.5. The fraction of sp³-hybridized carbons (Fsp3) is 0.296. The summed E-state index contributed by atoms with van der Waals surface area (Å²) in [5.74, 6) is -2.32. The molecule has 0 radical (unpaired) electrons. The predicted octanol–water partition coefficient (Wildman–Crippen LogP) is 7.53. The maximum atomic E-state index is 15.7. The van der Waals surface area contributed by atoms with Crippen LogP contribution in [0.25, 0.3) is 22.3 Å². The van der Waals surface area contributed by atoms with E-state index in [9.17, 15) is 9.18 Å². The third kappa shape index (κ3) is 5.60. The Morgan fingerprint density at radius 2 is 1.62 bits per heavy atom. The third-order valence-corrected chi connectivity index (χ3v) is 5.37. The number of unbranched alkanes of at least 4 members (excludes halogenated alkanes) is 3. The fourth-order valence-electron chi connectivity index (χ4n) is 3.56. The van der Waals surface area contributed by atoms with Crippen molar-refractivity contribution in [3.8, 4) is 22.3 Å². The van der Waals surface area contributed by atoms with Crippen LogP contribution in [-0.4, -0.2) is 12.6 Å². The summed E-state index contributed by atoms with van der Waals surface area (Å²) in [6, 6.07) is 16.8. The molecule has 0 spiro atoms. The van der Waals surface area contributed by atoms with Crippen LogP contribution in [0, 0.1) is 11.6 Å². The topological polar surface area (TPSA) is 35.5 Å². The van der Waals surface area contributed by atoms with Crippen molar-refractivity contribution < 1.29 is 23.4 Å². The van der Waals surface area contributed by atoms with Gasteiger partial charge in [0.2, 0.25) is 0 Å². The molecular formula is C27H28F2O3. The van der Waals surface area contributed by atoms with E-state index in [2.05, 4.69) is 6.92 Å². The zero-order chi connectivity index (χ0) is 22.9. The van der Waals surface area contributed by atoms with Gasteiger partial charge < -0.3 is 0 Å². The molecule has 0 amide bonds. The monoisotopic (exact) mass is 438 g/mol. The molecule has 0 unspecified atom stereocenters. The third-order valence-electron chi connectivity index (χ3n) is 5.37. The van der Waals surface area contributed by atoms with Crippen LogP contribution in [0.3, 0.4) is 0 Å². The lowest BCUT2D eigenvalue weighted by molar-refractivity contribution is -0.241. The molecule has 32 heavy (non-hydrogen) atoms. The van der Waals surface area contributed by atoms with Crippen LogP contribution in [0.1, 0.15) is 55.5 Å². The highest BCUT2D eigenvalue weighted by Gasteiger charge is 2.24. The van der Waals surface area contributed by atoms with E-state index in [1.807, 2.05) is 37.3 Å². The summed E-state index contributed by atoms with van der Waals surface area (Å²) in [6.07, 6.45) is 4.52. The van der Waals surface area contributed by atoms with Crippen molar-refractivity contribution >= 4 is 5.97 Å². The lowest BCUT2D eigenvalue weighted by Gasteiger charge is -2.15. The number of benzene rings is 3. The van der Waals surface area contributed by atoms with E-state index >= 15 is 4.39 Å². The summed E-state index contributed by atoms with van der Waals surface area (Å²) in [4.78, 5) is 22.3. The Hall–Kier alpha value is -3.05. The zero-order valence-corrected chi connectivity index (χ0v) is 18.5. The van der Waals surface area contributed by atoms with Crippen LogP contribution in [0.2, 0.25) is 0 Å². The van der Waals surface area contributed by atoms with Crippen molar-refractivity contribution in [2.45, 2.75) is 46.0 Å². The molecule has 3 aromatic carbocycles. The SMILES string of the molecule is CCCCCCOOC(=O)c1ccc(-c2ccccc2)c(-c2ccc(CC)cc2F)c1F. The van der Waals surface area contributed by atoms with E-state index in [1.54, 1.807) is 18.2 Å². The Morgan fingerprint density at radius 1 is 0.875 bits per heavy atom. The van der Waals surface area contributed by atoms with E-state index in [1.165, 1.54) is 12.1 Å². The summed E-state index contributed by atoms with van der Waals surface area (Å²) in [6.45, 7) is 4.26. The highest BCUT2D eigenvalue weighted by molar-refractivity contribution is 5.95. The van der Waals surface area contributed by atoms with Crippen molar-refractivity contribution in [1.29, 1.82) is 0 Å². The van der Waals surface area contributed by atoms with Gasteiger partial charge in [-0.05, 0) is 41.7 Å². The smallest absolute Gasteiger partial charge is 0.293 e. The lowest BCUT2D eigenvalue weighted by atomic mass is 9.91. The van der Waals surface area contributed by atoms with Crippen LogP contribution in [0.4, 0.5) is 8.78 Å². The summed E-state index contributed by atoms with van der Waals surface area (Å²) >= 11 is 0. The maximum Gasteiger partial charge on any atom is 0.376 e. The van der Waals surface area contributed by atoms with Crippen molar-refractivity contribution in [3.05, 3.63) is 83.4 Å². The molecule has 0 fully saturated rings. The molecule has 3 nitrogen and oxygen atoms in total. The minimum absolute atomic E-state index is 0.0220. The average molecular weight is 439 g/mol. The quantitative estimate of drug-likeness (QED) is 0.186. The van der Waals surface area contributed by atoms with Gasteiger partial charge in [0.25, 0.3) is 0 Å². The van der Waals surface area contributed by atoms with Gasteiger partial charge in [-0.1, -0.05) is 81.6 Å². The molecule has 0 heterocycles. The zero-order valence-electron chi connectivity index (χ0n) is 18.5. The van der Waals surface area contributed by atoms with Crippen LogP contribution in [0.5, 0.6) is 0 Å². The maximum absolute atomic E-state index is 15.7. The average Bonchev–Trinajstić information content (AvgIpc) is 2.81. The summed E-state index contributed by atoms with van der Waals surface area (Å²) < 4.78 is 30.6. The van der Waals surface area contributed by atoms with Crippen molar-refractivity contribution in [2.24, 2.45) is 0 Å². The van der Waals surface area contributed by atoms with Crippen LogP contribution in [-0.2, 0) is 16.2 Å². The summed E-state index contributed by atoms with van der Waals surface area (Å²) in [7, 11) is 0. The molecule has 3 rings (SSSR count). The minimum Gasteiger partial charge on any atom is -0.293 e. The van der Waals surface area contributed by atoms with Crippen LogP contribution >= 0.6 is 0 Å². The first kappa shape index (κ1) is 23.6. The number of rotatable bonds is 10. The van der Waals surface area contributed by atoms with Crippen molar-refractivity contribution in [3.63, 3.8) is 0 Å². The summed E-state index contributed by atoms with van der Waals surface area (Å²) in [5.41, 5.74) is 1.82. The molecule has 0 aliphatic heterocycles. The second-order valence-corrected chi connectivity index (χ2v) is 7.64. The molecule has 0 aromatic heterocycles. The molecule has 0 bridgehead atoms. The Bertz CT molecular complexity index is 1050. The van der Waals surface area contributed by atoms with Gasteiger partial charge >= 0.3 is 5.97 Å². The number of hydrogen-bond acceptors (Lipinski definition) is 3. The Balaban J connectivity index is 1.96. The van der Waals surface area contributed by atoms with E-state index in [4.69, 9.17) is 9.78 Å². The number of halogens is 2. The number of carbonyl (C=O) groups excluding carboxylic acids is 1. The summed E-state index contributed by atoms with van der Waals surface area (Å²) in [5, 5.41) is 0. The molecule has 0 saturated heterocycles. The fourth-order valence-corrected chi connectivity index (χ4v) is 3.56. The highest BCUT2D eigenvalue weighted by Crippen LogP contribution is 2.37. The molecule has 0 aliphatic rings. The molecule has 3 aromatic rings. The van der Waals surface area contributed by atoms with Crippen LogP contribution in [0.15, 0.2) is 60.7 Å². The molecule has 0 saturated carbocycles. The van der Waals surface area contributed by atoms with Gasteiger partial charge in [-0.15, -0.1) is 0 Å². The van der Waals surface area contributed by atoms with E-state index < -0.39 is 17.6 Å². The molecular weight excluding hydrogens is 410 g/mol. The molecule has 0 atom stereocenters. The lowest BCUT2D eigenvalue weighted by Crippen LogP contribution is -2.10. The first-order valence-electron chi connectivity index (χ1n) is 11.1. The Morgan fingerprint density at radius 3 is 2.31 bits per heavy atom. The minimum atomic E-state index is -0.940. The number of aryl methyl sites for hydroxylation is 1. The molecule has 0 aliphatic carbocycles. The van der Waals surface area contributed by atoms with Crippen molar-refractivity contribution in [2.75, 3.05) is 6.61 Å². The largest absolute Gasteiger partial charge is 0.376 e. The van der Waals surface area contributed by atoms with Gasteiger partial charge in [-0.3, -0.25) is 4.89 Å². The normalized spacial score (nSPS) is 10.9. The van der Waals surface area contributed by atoms with Gasteiger partial charge in [0.05, 0.1) is 12.2 Å². The molecule has 0 N–H and O–H groups in total. The number of hydrogen-bond donors (Lipinski definition) is 0.